The number of rotatable bonds is 3. The fraction of sp³-hybridized carbons (Fsp3) is 0.0769. The summed E-state index contributed by atoms with van der Waals surface area (Å²) < 4.78 is 0. The second-order valence-electron chi connectivity index (χ2n) is 3.35. The SMILES string of the molecule is N#Cc1cccnc1NCc1ccccc1. The lowest BCUT2D eigenvalue weighted by molar-refractivity contribution is 1.11. The summed E-state index contributed by atoms with van der Waals surface area (Å²) in [5.41, 5.74) is 1.73. The zero-order valence-electron chi connectivity index (χ0n) is 8.72. The molecule has 0 spiro atoms. The lowest BCUT2D eigenvalue weighted by Gasteiger charge is -2.06. The molecule has 3 nitrogen and oxygen atoms in total. The van der Waals surface area contributed by atoms with E-state index in [0.717, 1.165) is 5.56 Å². The topological polar surface area (TPSA) is 48.7 Å². The Bertz CT molecular complexity index is 500. The van der Waals surface area contributed by atoms with E-state index in [4.69, 9.17) is 5.26 Å². The number of nitrogens with one attached hydrogen (secondary N) is 1. The van der Waals surface area contributed by atoms with Gasteiger partial charge in [0.15, 0.2) is 0 Å². The fourth-order valence-electron chi connectivity index (χ4n) is 1.42. The van der Waals surface area contributed by atoms with E-state index in [1.165, 1.54) is 0 Å². The highest BCUT2D eigenvalue weighted by Crippen LogP contribution is 2.11. The van der Waals surface area contributed by atoms with Crippen LogP contribution in [0.15, 0.2) is 48.7 Å². The number of hydrogen-bond acceptors (Lipinski definition) is 3. The summed E-state index contributed by atoms with van der Waals surface area (Å²) in [6.45, 7) is 0.673. The quantitative estimate of drug-likeness (QED) is 0.845. The second kappa shape index (κ2) is 4.94. The van der Waals surface area contributed by atoms with Crippen LogP contribution in [0.3, 0.4) is 0 Å². The number of nitrogens with zero attached hydrogens (tertiary/aromatic N) is 2. The number of benzene rings is 1. The Kier molecular flexibility index (Phi) is 3.15. The monoisotopic (exact) mass is 209 g/mol. The molecule has 16 heavy (non-hydrogen) atoms. The highest BCUT2D eigenvalue weighted by atomic mass is 15.0. The Balaban J connectivity index is 2.09. The fourth-order valence-corrected chi connectivity index (χ4v) is 1.42. The van der Waals surface area contributed by atoms with E-state index in [1.807, 2.05) is 30.3 Å². The minimum Gasteiger partial charge on any atom is -0.365 e. The van der Waals surface area contributed by atoms with Crippen LogP contribution in [0.4, 0.5) is 5.82 Å². The zero-order chi connectivity index (χ0) is 11.2. The average Bonchev–Trinajstić information content (AvgIpc) is 2.38. The minimum absolute atomic E-state index is 0.568. The Labute approximate surface area is 94.4 Å². The van der Waals surface area contributed by atoms with Gasteiger partial charge in [-0.25, -0.2) is 4.98 Å². The van der Waals surface area contributed by atoms with Crippen molar-refractivity contribution in [3.8, 4) is 6.07 Å². The van der Waals surface area contributed by atoms with Gasteiger partial charge in [0.25, 0.3) is 0 Å². The van der Waals surface area contributed by atoms with Crippen LogP contribution in [0.5, 0.6) is 0 Å². The summed E-state index contributed by atoms with van der Waals surface area (Å²) in [4.78, 5) is 4.13. The maximum Gasteiger partial charge on any atom is 0.144 e. The first-order chi connectivity index (χ1) is 7.90. The first-order valence-electron chi connectivity index (χ1n) is 5.03. The highest BCUT2D eigenvalue weighted by Gasteiger charge is 2.00. The summed E-state index contributed by atoms with van der Waals surface area (Å²) in [5, 5.41) is 12.0. The van der Waals surface area contributed by atoms with E-state index < -0.39 is 0 Å². The maximum absolute atomic E-state index is 8.89. The molecule has 1 aromatic carbocycles. The Morgan fingerprint density at radius 3 is 2.69 bits per heavy atom. The van der Waals surface area contributed by atoms with Crippen LogP contribution in [-0.2, 0) is 6.54 Å². The third-order valence-electron chi connectivity index (χ3n) is 2.23. The Morgan fingerprint density at radius 1 is 1.12 bits per heavy atom. The molecule has 0 saturated carbocycles. The molecule has 0 aliphatic carbocycles. The predicted molar refractivity (Wildman–Crippen MR) is 62.7 cm³/mol. The third-order valence-corrected chi connectivity index (χ3v) is 2.23. The summed E-state index contributed by atoms with van der Waals surface area (Å²) in [6, 6.07) is 15.6. The molecule has 0 unspecified atom stereocenters. The third kappa shape index (κ3) is 2.37. The largest absolute Gasteiger partial charge is 0.365 e. The molecule has 1 N–H and O–H groups in total. The molecule has 0 radical (unpaired) electrons. The Morgan fingerprint density at radius 2 is 1.94 bits per heavy atom. The van der Waals surface area contributed by atoms with Crippen molar-refractivity contribution in [1.29, 1.82) is 5.26 Å². The maximum atomic E-state index is 8.89. The van der Waals surface area contributed by atoms with Crippen LogP contribution >= 0.6 is 0 Å². The number of nitriles is 1. The van der Waals surface area contributed by atoms with Gasteiger partial charge in [-0.2, -0.15) is 5.26 Å². The molecule has 0 bridgehead atoms. The van der Waals surface area contributed by atoms with Crippen molar-refractivity contribution in [3.05, 3.63) is 59.8 Å². The molecule has 0 aliphatic rings. The van der Waals surface area contributed by atoms with Gasteiger partial charge in [0, 0.05) is 12.7 Å². The van der Waals surface area contributed by atoms with Crippen molar-refractivity contribution in [2.45, 2.75) is 6.54 Å². The highest BCUT2D eigenvalue weighted by molar-refractivity contribution is 5.51. The van der Waals surface area contributed by atoms with E-state index in [9.17, 15) is 0 Å². The van der Waals surface area contributed by atoms with Gasteiger partial charge >= 0.3 is 0 Å². The number of hydrogen-bond donors (Lipinski definition) is 1. The van der Waals surface area contributed by atoms with Crippen LogP contribution in [0.25, 0.3) is 0 Å². The summed E-state index contributed by atoms with van der Waals surface area (Å²) in [6.07, 6.45) is 1.67. The zero-order valence-corrected chi connectivity index (χ0v) is 8.72. The van der Waals surface area contributed by atoms with Crippen molar-refractivity contribution in [3.63, 3.8) is 0 Å². The molecular formula is C13H11N3. The van der Waals surface area contributed by atoms with Crippen LogP contribution in [-0.4, -0.2) is 4.98 Å². The minimum atomic E-state index is 0.568. The first-order valence-corrected chi connectivity index (χ1v) is 5.03. The van der Waals surface area contributed by atoms with E-state index in [2.05, 4.69) is 16.4 Å². The second-order valence-corrected chi connectivity index (χ2v) is 3.35. The molecule has 0 aliphatic heterocycles. The van der Waals surface area contributed by atoms with Crippen molar-refractivity contribution >= 4 is 5.82 Å². The van der Waals surface area contributed by atoms with Gasteiger partial charge in [0.05, 0.1) is 5.56 Å². The Hall–Kier alpha value is -2.34. The van der Waals surface area contributed by atoms with E-state index in [-0.39, 0.29) is 0 Å². The molecule has 0 atom stereocenters. The van der Waals surface area contributed by atoms with Gasteiger partial charge < -0.3 is 5.32 Å². The normalized spacial score (nSPS) is 9.44. The van der Waals surface area contributed by atoms with Crippen molar-refractivity contribution in [1.82, 2.24) is 4.98 Å². The van der Waals surface area contributed by atoms with Gasteiger partial charge in [-0.15, -0.1) is 0 Å². The first kappa shape index (κ1) is 10.2. The molecule has 1 heterocycles. The predicted octanol–water partition coefficient (Wildman–Crippen LogP) is 2.57. The average molecular weight is 209 g/mol. The smallest absolute Gasteiger partial charge is 0.144 e. The number of aromatic nitrogens is 1. The molecule has 1 aromatic heterocycles. The molecular weight excluding hydrogens is 198 g/mol. The van der Waals surface area contributed by atoms with Crippen LogP contribution < -0.4 is 5.32 Å². The van der Waals surface area contributed by atoms with Crippen LogP contribution in [0.1, 0.15) is 11.1 Å². The van der Waals surface area contributed by atoms with E-state index in [0.29, 0.717) is 17.9 Å². The molecule has 0 saturated heterocycles. The molecule has 3 heteroatoms. The summed E-state index contributed by atoms with van der Waals surface area (Å²) in [5.74, 6) is 0.633. The standard InChI is InChI=1S/C13H11N3/c14-9-12-7-4-8-15-13(12)16-10-11-5-2-1-3-6-11/h1-8H,10H2,(H,15,16). The van der Waals surface area contributed by atoms with Crippen LogP contribution in [0, 0.1) is 11.3 Å². The molecule has 0 fully saturated rings. The van der Waals surface area contributed by atoms with Crippen molar-refractivity contribution in [2.24, 2.45) is 0 Å². The molecule has 2 rings (SSSR count). The van der Waals surface area contributed by atoms with E-state index >= 15 is 0 Å². The number of anilines is 1. The number of pyridine rings is 1. The van der Waals surface area contributed by atoms with Crippen molar-refractivity contribution < 1.29 is 0 Å². The summed E-state index contributed by atoms with van der Waals surface area (Å²) >= 11 is 0. The molecule has 78 valence electrons. The van der Waals surface area contributed by atoms with Gasteiger partial charge in [-0.3, -0.25) is 0 Å². The van der Waals surface area contributed by atoms with Gasteiger partial charge in [0.2, 0.25) is 0 Å². The van der Waals surface area contributed by atoms with Gasteiger partial charge in [-0.1, -0.05) is 30.3 Å². The molecule has 0 amide bonds. The van der Waals surface area contributed by atoms with Gasteiger partial charge in [0.1, 0.15) is 11.9 Å². The van der Waals surface area contributed by atoms with Crippen LogP contribution in [0.2, 0.25) is 0 Å². The lowest BCUT2D eigenvalue weighted by atomic mass is 10.2. The van der Waals surface area contributed by atoms with Gasteiger partial charge in [-0.05, 0) is 17.7 Å². The molecule has 2 aromatic rings. The lowest BCUT2D eigenvalue weighted by Crippen LogP contribution is -2.02. The summed E-state index contributed by atoms with van der Waals surface area (Å²) in [7, 11) is 0. The van der Waals surface area contributed by atoms with Crippen molar-refractivity contribution in [2.75, 3.05) is 5.32 Å². The van der Waals surface area contributed by atoms with E-state index in [1.54, 1.807) is 18.3 Å².